The number of benzene rings is 2. The molecule has 2 aliphatic rings. The predicted octanol–water partition coefficient (Wildman–Crippen LogP) is 4.71. The van der Waals surface area contributed by atoms with Gasteiger partial charge >= 0.3 is 0 Å². The minimum absolute atomic E-state index is 0.00917. The number of ether oxygens (including phenoxy) is 1. The molecule has 0 aliphatic carbocycles. The lowest BCUT2D eigenvalue weighted by molar-refractivity contribution is 0.0732. The highest BCUT2D eigenvalue weighted by atomic mass is 127. The number of hydrogen-bond donors (Lipinski definition) is 3. The van der Waals surface area contributed by atoms with Gasteiger partial charge in [-0.1, -0.05) is 12.1 Å². The summed E-state index contributed by atoms with van der Waals surface area (Å²) in [6, 6.07) is 10.5. The average Bonchev–Trinajstić information content (AvgIpc) is 3.17. The maximum absolute atomic E-state index is 13.2. The van der Waals surface area contributed by atoms with E-state index in [-0.39, 0.29) is 22.9 Å². The summed E-state index contributed by atoms with van der Waals surface area (Å²) in [5, 5.41) is 9.11. The molecule has 3 heterocycles. The molecule has 1 amide bonds. The number of rotatable bonds is 10. The molecule has 0 radical (unpaired) electrons. The topological polar surface area (TPSA) is 126 Å². The van der Waals surface area contributed by atoms with Gasteiger partial charge < -0.3 is 25.6 Å². The third kappa shape index (κ3) is 5.88. The summed E-state index contributed by atoms with van der Waals surface area (Å²) in [5.74, 6) is 1.83. The van der Waals surface area contributed by atoms with Crippen LogP contribution in [0.2, 0.25) is 0 Å². The molecule has 12 heteroatoms. The molecule has 0 atom stereocenters. The van der Waals surface area contributed by atoms with Gasteiger partial charge in [-0.15, -0.1) is 0 Å². The van der Waals surface area contributed by atoms with E-state index in [1.807, 2.05) is 30.9 Å². The molecule has 3 aromatic rings. The van der Waals surface area contributed by atoms with Crippen molar-refractivity contribution in [2.24, 2.45) is 5.92 Å². The SMILES string of the molecule is CC(C)Oc1cc2c(cc1Nc1ncc(I)c(Nc3ccccc3S(=O)(=O)C(C)C)n1)C(=O)N(CC1CNC1)C2. The molecule has 212 valence electrons. The van der Waals surface area contributed by atoms with Crippen LogP contribution < -0.4 is 20.7 Å². The number of carbonyl (C=O) groups excluding carboxylic acids is 1. The molecular weight excluding hydrogens is 643 g/mol. The van der Waals surface area contributed by atoms with E-state index in [2.05, 4.69) is 48.5 Å². The maximum atomic E-state index is 13.2. The Morgan fingerprint density at radius 2 is 1.88 bits per heavy atom. The maximum Gasteiger partial charge on any atom is 0.254 e. The summed E-state index contributed by atoms with van der Waals surface area (Å²) in [4.78, 5) is 24.4. The Bertz CT molecular complexity index is 1540. The van der Waals surface area contributed by atoms with Crippen molar-refractivity contribution in [3.63, 3.8) is 0 Å². The van der Waals surface area contributed by atoms with Crippen LogP contribution >= 0.6 is 22.6 Å². The van der Waals surface area contributed by atoms with Crippen LogP contribution in [0.5, 0.6) is 5.75 Å². The number of nitrogens with zero attached hydrogens (tertiary/aromatic N) is 3. The van der Waals surface area contributed by atoms with Gasteiger partial charge in [-0.3, -0.25) is 4.79 Å². The van der Waals surface area contributed by atoms with Gasteiger partial charge in [0.05, 0.1) is 31.2 Å². The molecule has 0 bridgehead atoms. The van der Waals surface area contributed by atoms with Gasteiger partial charge in [-0.05, 0) is 80.1 Å². The van der Waals surface area contributed by atoms with Crippen molar-refractivity contribution < 1.29 is 17.9 Å². The number of sulfone groups is 1. The van der Waals surface area contributed by atoms with Crippen LogP contribution in [0.3, 0.4) is 0 Å². The fourth-order valence-electron chi connectivity index (χ4n) is 4.62. The number of aromatic nitrogens is 2. The monoisotopic (exact) mass is 676 g/mol. The zero-order chi connectivity index (χ0) is 28.6. The molecule has 1 aromatic heterocycles. The van der Waals surface area contributed by atoms with Gasteiger partial charge in [0.15, 0.2) is 9.84 Å². The molecule has 3 N–H and O–H groups in total. The normalized spacial score (nSPS) is 15.4. The van der Waals surface area contributed by atoms with Gasteiger partial charge in [0.1, 0.15) is 11.6 Å². The quantitative estimate of drug-likeness (QED) is 0.262. The smallest absolute Gasteiger partial charge is 0.254 e. The lowest BCUT2D eigenvalue weighted by Gasteiger charge is -2.31. The second-order valence-electron chi connectivity index (χ2n) is 10.6. The fraction of sp³-hybridized carbons (Fsp3) is 0.393. The van der Waals surface area contributed by atoms with Gasteiger partial charge in [0.2, 0.25) is 5.95 Å². The van der Waals surface area contributed by atoms with Crippen molar-refractivity contribution in [3.05, 3.63) is 57.3 Å². The molecule has 0 unspecified atom stereocenters. The summed E-state index contributed by atoms with van der Waals surface area (Å²) in [7, 11) is -3.52. The Morgan fingerprint density at radius 1 is 1.12 bits per heavy atom. The first kappa shape index (κ1) is 28.6. The number of para-hydroxylation sites is 1. The molecule has 5 rings (SSSR count). The van der Waals surface area contributed by atoms with E-state index in [9.17, 15) is 13.2 Å². The minimum atomic E-state index is -3.52. The third-order valence-electron chi connectivity index (χ3n) is 6.85. The Balaban J connectivity index is 1.44. The van der Waals surface area contributed by atoms with Crippen molar-refractivity contribution in [3.8, 4) is 5.75 Å². The van der Waals surface area contributed by atoms with Crippen molar-refractivity contribution in [1.29, 1.82) is 0 Å². The molecule has 2 aliphatic heterocycles. The number of anilines is 4. The summed E-state index contributed by atoms with van der Waals surface area (Å²) < 4.78 is 32.7. The Hall–Kier alpha value is -2.97. The van der Waals surface area contributed by atoms with Crippen LogP contribution in [0.15, 0.2) is 47.5 Å². The van der Waals surface area contributed by atoms with Crippen molar-refractivity contribution >= 4 is 61.5 Å². The Kier molecular flexibility index (Phi) is 8.20. The highest BCUT2D eigenvalue weighted by Crippen LogP contribution is 2.36. The standard InChI is InChI=1S/C28H33IN6O4S/c1-16(2)39-24-9-19-15-35(14-18-11-30-12-18)27(36)20(19)10-23(24)33-28-31-13-21(29)26(34-28)32-22-7-5-6-8-25(22)40(37,38)17(3)4/h5-10,13,16-18,30H,11-12,14-15H2,1-4H3,(H2,31,32,33,34). The van der Waals surface area contributed by atoms with Gasteiger partial charge in [-0.25, -0.2) is 13.4 Å². The molecule has 0 saturated carbocycles. The van der Waals surface area contributed by atoms with Crippen LogP contribution in [0.1, 0.15) is 43.6 Å². The number of amides is 1. The molecule has 1 saturated heterocycles. The summed E-state index contributed by atoms with van der Waals surface area (Å²) in [5.41, 5.74) is 2.60. The number of hydrogen-bond acceptors (Lipinski definition) is 9. The van der Waals surface area contributed by atoms with Crippen LogP contribution in [0, 0.1) is 9.49 Å². The first-order valence-electron chi connectivity index (χ1n) is 13.3. The van der Waals surface area contributed by atoms with Crippen LogP contribution in [-0.4, -0.2) is 60.2 Å². The third-order valence-corrected chi connectivity index (χ3v) is 9.85. The van der Waals surface area contributed by atoms with Gasteiger partial charge in [0.25, 0.3) is 5.91 Å². The Morgan fingerprint density at radius 3 is 2.55 bits per heavy atom. The van der Waals surface area contributed by atoms with Crippen molar-refractivity contribution in [2.75, 3.05) is 30.3 Å². The largest absolute Gasteiger partial charge is 0.489 e. The van der Waals surface area contributed by atoms with E-state index in [0.717, 1.165) is 25.2 Å². The molecule has 0 spiro atoms. The van der Waals surface area contributed by atoms with E-state index in [1.165, 1.54) is 0 Å². The first-order chi connectivity index (χ1) is 19.0. The van der Waals surface area contributed by atoms with Gasteiger partial charge in [0, 0.05) is 43.9 Å². The van der Waals surface area contributed by atoms with E-state index >= 15 is 0 Å². The van der Waals surface area contributed by atoms with Crippen LogP contribution in [0.25, 0.3) is 0 Å². The highest BCUT2D eigenvalue weighted by molar-refractivity contribution is 14.1. The lowest BCUT2D eigenvalue weighted by Crippen LogP contribution is -2.48. The number of halogens is 1. The second-order valence-corrected chi connectivity index (χ2v) is 14.2. The van der Waals surface area contributed by atoms with Crippen LogP contribution in [-0.2, 0) is 16.4 Å². The molecule has 1 fully saturated rings. The van der Waals surface area contributed by atoms with Crippen molar-refractivity contribution in [2.45, 2.75) is 50.5 Å². The summed E-state index contributed by atoms with van der Waals surface area (Å²) in [6.45, 7) is 10.4. The van der Waals surface area contributed by atoms with Crippen LogP contribution in [0.4, 0.5) is 23.1 Å². The fourth-order valence-corrected chi connectivity index (χ4v) is 6.22. The Labute approximate surface area is 248 Å². The van der Waals surface area contributed by atoms with E-state index < -0.39 is 15.1 Å². The predicted molar refractivity (Wildman–Crippen MR) is 163 cm³/mol. The van der Waals surface area contributed by atoms with E-state index in [4.69, 9.17) is 4.74 Å². The minimum Gasteiger partial charge on any atom is -0.489 e. The number of fused-ring (bicyclic) bond motifs is 1. The summed E-state index contributed by atoms with van der Waals surface area (Å²) in [6.07, 6.45) is 1.57. The van der Waals surface area contributed by atoms with Crippen molar-refractivity contribution in [1.82, 2.24) is 20.2 Å². The molecule has 10 nitrogen and oxygen atoms in total. The molecule has 40 heavy (non-hydrogen) atoms. The first-order valence-corrected chi connectivity index (χ1v) is 15.9. The van der Waals surface area contributed by atoms with Gasteiger partial charge in [-0.2, -0.15) is 4.98 Å². The average molecular weight is 677 g/mol. The second kappa shape index (κ2) is 11.5. The molecular formula is C28H33IN6O4S. The lowest BCUT2D eigenvalue weighted by atomic mass is 10.0. The zero-order valence-electron chi connectivity index (χ0n) is 22.9. The summed E-state index contributed by atoms with van der Waals surface area (Å²) >= 11 is 2.11. The number of nitrogens with one attached hydrogen (secondary N) is 3. The van der Waals surface area contributed by atoms with E-state index in [0.29, 0.717) is 44.5 Å². The van der Waals surface area contributed by atoms with E-state index in [1.54, 1.807) is 44.3 Å². The zero-order valence-corrected chi connectivity index (χ0v) is 25.8. The number of carbonyl (C=O) groups is 1. The highest BCUT2D eigenvalue weighted by Gasteiger charge is 2.32. The molecule has 2 aromatic carbocycles.